The minimum absolute atomic E-state index is 0.238. The number of amides is 1. The van der Waals surface area contributed by atoms with Crippen molar-refractivity contribution in [1.82, 2.24) is 0 Å². The summed E-state index contributed by atoms with van der Waals surface area (Å²) in [5.41, 5.74) is 1.76. The van der Waals surface area contributed by atoms with E-state index in [0.717, 1.165) is 5.56 Å². The molecular formula is C17H16ClNO4S. The average molecular weight is 366 g/mol. The van der Waals surface area contributed by atoms with Crippen molar-refractivity contribution in [2.75, 3.05) is 16.8 Å². The summed E-state index contributed by atoms with van der Waals surface area (Å²) in [5.74, 6) is -2.73. The van der Waals surface area contributed by atoms with Crippen molar-refractivity contribution in [3.05, 3.63) is 64.7 Å². The number of hydrogen-bond donors (Lipinski definition) is 1. The van der Waals surface area contributed by atoms with Crippen LogP contribution >= 0.6 is 11.6 Å². The second-order valence-corrected chi connectivity index (χ2v) is 7.88. The molecule has 0 saturated heterocycles. The number of aryl methyl sites for hydroxylation is 1. The van der Waals surface area contributed by atoms with E-state index >= 15 is 0 Å². The molecule has 0 saturated carbocycles. The number of benzene rings is 2. The van der Waals surface area contributed by atoms with Crippen LogP contribution < -0.4 is 5.32 Å². The predicted molar refractivity (Wildman–Crippen MR) is 94.2 cm³/mol. The fourth-order valence-corrected chi connectivity index (χ4v) is 3.27. The molecule has 5 nitrogen and oxygen atoms in total. The number of hydrogen-bond acceptors (Lipinski definition) is 4. The van der Waals surface area contributed by atoms with Crippen LogP contribution in [0.15, 0.2) is 48.5 Å². The SMILES string of the molecule is Cc1ccc(NC(=O)CS(=O)(=O)CC(=O)c2ccc(Cl)cc2)cc1. The van der Waals surface area contributed by atoms with Gasteiger partial charge in [-0.15, -0.1) is 0 Å². The summed E-state index contributed by atoms with van der Waals surface area (Å²) < 4.78 is 24.1. The van der Waals surface area contributed by atoms with Gasteiger partial charge in [0, 0.05) is 16.3 Å². The predicted octanol–water partition coefficient (Wildman–Crippen LogP) is 2.88. The van der Waals surface area contributed by atoms with Crippen LogP contribution in [0.25, 0.3) is 0 Å². The molecule has 0 unspecified atom stereocenters. The monoisotopic (exact) mass is 365 g/mol. The van der Waals surface area contributed by atoms with Crippen LogP contribution in [0.3, 0.4) is 0 Å². The molecule has 0 heterocycles. The minimum Gasteiger partial charge on any atom is -0.325 e. The number of carbonyl (C=O) groups is 2. The van der Waals surface area contributed by atoms with E-state index in [9.17, 15) is 18.0 Å². The lowest BCUT2D eigenvalue weighted by Gasteiger charge is -2.07. The van der Waals surface area contributed by atoms with Crippen molar-refractivity contribution in [2.45, 2.75) is 6.92 Å². The molecule has 24 heavy (non-hydrogen) atoms. The van der Waals surface area contributed by atoms with E-state index in [1.165, 1.54) is 24.3 Å². The highest BCUT2D eigenvalue weighted by molar-refractivity contribution is 7.92. The summed E-state index contributed by atoms with van der Waals surface area (Å²) in [5, 5.41) is 2.95. The van der Waals surface area contributed by atoms with Crippen molar-refractivity contribution >= 4 is 38.8 Å². The second-order valence-electron chi connectivity index (χ2n) is 5.38. The van der Waals surface area contributed by atoms with Crippen LogP contribution in [0.5, 0.6) is 0 Å². The first-order valence-electron chi connectivity index (χ1n) is 7.11. The molecule has 1 amide bonds. The zero-order valence-corrected chi connectivity index (χ0v) is 14.5. The second kappa shape index (κ2) is 7.59. The van der Waals surface area contributed by atoms with E-state index in [4.69, 9.17) is 11.6 Å². The normalized spacial score (nSPS) is 11.1. The Morgan fingerprint density at radius 2 is 1.54 bits per heavy atom. The Morgan fingerprint density at radius 1 is 0.958 bits per heavy atom. The average Bonchev–Trinajstić information content (AvgIpc) is 2.49. The van der Waals surface area contributed by atoms with Crippen molar-refractivity contribution in [2.24, 2.45) is 0 Å². The third-order valence-corrected chi connectivity index (χ3v) is 4.86. The smallest absolute Gasteiger partial charge is 0.239 e. The van der Waals surface area contributed by atoms with Crippen LogP contribution in [0.2, 0.25) is 5.02 Å². The summed E-state index contributed by atoms with van der Waals surface area (Å²) in [6, 6.07) is 12.9. The van der Waals surface area contributed by atoms with Crippen molar-refractivity contribution < 1.29 is 18.0 Å². The van der Waals surface area contributed by atoms with Gasteiger partial charge >= 0.3 is 0 Å². The van der Waals surface area contributed by atoms with E-state index in [0.29, 0.717) is 10.7 Å². The highest BCUT2D eigenvalue weighted by atomic mass is 35.5. The summed E-state index contributed by atoms with van der Waals surface area (Å²) >= 11 is 5.72. The van der Waals surface area contributed by atoms with E-state index in [-0.39, 0.29) is 5.56 Å². The lowest BCUT2D eigenvalue weighted by Crippen LogP contribution is -2.27. The molecule has 0 radical (unpaired) electrons. The van der Waals surface area contributed by atoms with E-state index in [2.05, 4.69) is 5.32 Å². The summed E-state index contributed by atoms with van der Waals surface area (Å²) in [4.78, 5) is 23.9. The molecule has 2 aromatic rings. The zero-order valence-electron chi connectivity index (χ0n) is 13.0. The largest absolute Gasteiger partial charge is 0.325 e. The molecule has 0 atom stereocenters. The highest BCUT2D eigenvalue weighted by Crippen LogP contribution is 2.12. The number of halogens is 1. The van der Waals surface area contributed by atoms with Gasteiger partial charge in [0.05, 0.1) is 0 Å². The van der Waals surface area contributed by atoms with Crippen molar-refractivity contribution in [3.63, 3.8) is 0 Å². The molecule has 7 heteroatoms. The molecule has 0 aromatic heterocycles. The first-order chi connectivity index (χ1) is 11.2. The number of anilines is 1. The Balaban J connectivity index is 1.97. The first kappa shape index (κ1) is 18.2. The fraction of sp³-hybridized carbons (Fsp3) is 0.176. The molecule has 0 bridgehead atoms. The lowest BCUT2D eigenvalue weighted by molar-refractivity contribution is -0.113. The molecule has 0 aliphatic rings. The van der Waals surface area contributed by atoms with E-state index in [1.54, 1.807) is 24.3 Å². The van der Waals surface area contributed by atoms with Crippen LogP contribution in [-0.2, 0) is 14.6 Å². The van der Waals surface area contributed by atoms with Gasteiger partial charge in [0.1, 0.15) is 11.5 Å². The Hall–Kier alpha value is -2.18. The maximum atomic E-state index is 12.0. The van der Waals surface area contributed by atoms with Gasteiger partial charge in [-0.05, 0) is 43.3 Å². The maximum Gasteiger partial charge on any atom is 0.239 e. The van der Waals surface area contributed by atoms with Gasteiger partial charge in [0.25, 0.3) is 0 Å². The third kappa shape index (κ3) is 5.47. The van der Waals surface area contributed by atoms with Gasteiger partial charge in [0.15, 0.2) is 15.6 Å². The van der Waals surface area contributed by atoms with Crippen LogP contribution in [-0.4, -0.2) is 31.6 Å². The van der Waals surface area contributed by atoms with Crippen molar-refractivity contribution in [1.29, 1.82) is 0 Å². The molecule has 126 valence electrons. The van der Waals surface area contributed by atoms with E-state index < -0.39 is 33.0 Å². The summed E-state index contributed by atoms with van der Waals surface area (Å²) in [6.07, 6.45) is 0. The topological polar surface area (TPSA) is 80.3 Å². The molecule has 0 spiro atoms. The number of ketones is 1. The Morgan fingerprint density at radius 3 is 2.12 bits per heavy atom. The van der Waals surface area contributed by atoms with Gasteiger partial charge in [-0.2, -0.15) is 0 Å². The molecule has 0 fully saturated rings. The summed E-state index contributed by atoms with van der Waals surface area (Å²) in [6.45, 7) is 1.90. The maximum absolute atomic E-state index is 12.0. The number of rotatable bonds is 6. The number of Topliss-reactive ketones (excluding diaryl/α,β-unsaturated/α-hetero) is 1. The van der Waals surface area contributed by atoms with Gasteiger partial charge in [-0.1, -0.05) is 29.3 Å². The van der Waals surface area contributed by atoms with Gasteiger partial charge in [-0.25, -0.2) is 8.42 Å². The minimum atomic E-state index is -3.86. The summed E-state index contributed by atoms with van der Waals surface area (Å²) in [7, 11) is -3.86. The zero-order chi connectivity index (χ0) is 17.7. The highest BCUT2D eigenvalue weighted by Gasteiger charge is 2.21. The standard InChI is InChI=1S/C17H16ClNO4S/c1-12-2-8-15(9-3-12)19-17(21)11-24(22,23)10-16(20)13-4-6-14(18)7-5-13/h2-9H,10-11H2,1H3,(H,19,21). The van der Waals surface area contributed by atoms with Crippen LogP contribution in [0, 0.1) is 6.92 Å². The van der Waals surface area contributed by atoms with Gasteiger partial charge < -0.3 is 5.32 Å². The van der Waals surface area contributed by atoms with Crippen LogP contribution in [0.4, 0.5) is 5.69 Å². The van der Waals surface area contributed by atoms with Crippen molar-refractivity contribution in [3.8, 4) is 0 Å². The van der Waals surface area contributed by atoms with E-state index in [1.807, 2.05) is 6.92 Å². The molecule has 1 N–H and O–H groups in total. The quantitative estimate of drug-likeness (QED) is 0.798. The Kier molecular flexibility index (Phi) is 5.75. The molecule has 0 aliphatic heterocycles. The molecule has 2 aromatic carbocycles. The lowest BCUT2D eigenvalue weighted by atomic mass is 10.1. The third-order valence-electron chi connectivity index (χ3n) is 3.20. The molecule has 2 rings (SSSR count). The number of carbonyl (C=O) groups excluding carboxylic acids is 2. The van der Waals surface area contributed by atoms with Gasteiger partial charge in [0.2, 0.25) is 5.91 Å². The molecular weight excluding hydrogens is 350 g/mol. The first-order valence-corrected chi connectivity index (χ1v) is 9.31. The Bertz CT molecular complexity index is 843. The van der Waals surface area contributed by atoms with Crippen LogP contribution in [0.1, 0.15) is 15.9 Å². The Labute approximate surface area is 145 Å². The van der Waals surface area contributed by atoms with Gasteiger partial charge in [-0.3, -0.25) is 9.59 Å². The molecule has 0 aliphatic carbocycles. The number of sulfone groups is 1. The number of nitrogens with one attached hydrogen (secondary N) is 1. The fourth-order valence-electron chi connectivity index (χ4n) is 2.00.